The van der Waals surface area contributed by atoms with Crippen LogP contribution in [0.15, 0.2) is 97.2 Å². The third-order valence-electron chi connectivity index (χ3n) is 11.9. The van der Waals surface area contributed by atoms with Gasteiger partial charge in [0.1, 0.15) is 30.8 Å². The molecule has 0 unspecified atom stereocenters. The molecule has 2 heterocycles. The minimum Gasteiger partial charge on any atom is -0.492 e. The van der Waals surface area contributed by atoms with E-state index in [1.54, 1.807) is 44.2 Å². The van der Waals surface area contributed by atoms with Crippen LogP contribution in [0.4, 0.5) is 0 Å². The molecule has 5 aromatic rings. The lowest BCUT2D eigenvalue weighted by Crippen LogP contribution is -2.46. The normalized spacial score (nSPS) is 16.5. The maximum Gasteiger partial charge on any atom is 0.226 e. The number of likely N-dealkylation sites (N-methyl/N-ethyl adjacent to an activating group) is 1. The Morgan fingerprint density at radius 2 is 1.49 bits per heavy atom. The van der Waals surface area contributed by atoms with Crippen LogP contribution in [0.5, 0.6) is 11.5 Å². The standard InChI is InChI=1S/C52H58N8O7/c1-32-26-46(63)49(60(3)52(65)39(19-21-54)30-45(62)42-31-57-50(58-33(42)2)37-14-12-36(13-15-37)35-8-5-4-6-9-35)38-16-18-48(67-25-23-56)41(29-38)40-27-34(11-17-47(40)66-24-22-55)28-43(59-51(32)64)44(61)10-7-20-53/h4-6,8-9,11-18,27,29,31-32,39,43,49H,7,10,19,21-26,28,30,54-56H2,1-3H3,(H,59,64)/t32-,39-,43+,49+/m1/s1. The van der Waals surface area contributed by atoms with Gasteiger partial charge in [-0.05, 0) is 72.8 Å². The first-order chi connectivity index (χ1) is 32.4. The van der Waals surface area contributed by atoms with E-state index in [1.807, 2.05) is 66.7 Å². The summed E-state index contributed by atoms with van der Waals surface area (Å²) in [6.45, 7) is 4.14. The number of nitrogens with zero attached hydrogens (tertiary/aromatic N) is 4. The molecule has 4 atom stereocenters. The average molecular weight is 907 g/mol. The summed E-state index contributed by atoms with van der Waals surface area (Å²) < 4.78 is 12.3. The fraction of sp³-hybridized carbons (Fsp3) is 0.346. The largest absolute Gasteiger partial charge is 0.492 e. The Kier molecular flexibility index (Phi) is 17.2. The van der Waals surface area contributed by atoms with E-state index in [4.69, 9.17) is 26.7 Å². The number of fused-ring (bicyclic) bond motifs is 5. The summed E-state index contributed by atoms with van der Waals surface area (Å²) in [7, 11) is 1.50. The lowest BCUT2D eigenvalue weighted by molar-refractivity contribution is -0.142. The average Bonchev–Trinajstić information content (AvgIpc) is 3.34. The molecule has 0 fully saturated rings. The molecule has 15 heteroatoms. The summed E-state index contributed by atoms with van der Waals surface area (Å²) in [5.74, 6) is -2.77. The smallest absolute Gasteiger partial charge is 0.226 e. The molecule has 2 amide bonds. The summed E-state index contributed by atoms with van der Waals surface area (Å²) in [6.07, 6.45) is 1.05. The van der Waals surface area contributed by atoms with Crippen LogP contribution < -0.4 is 32.0 Å². The van der Waals surface area contributed by atoms with Crippen molar-refractivity contribution in [2.24, 2.45) is 29.0 Å². The van der Waals surface area contributed by atoms with Gasteiger partial charge in [0.2, 0.25) is 11.8 Å². The highest BCUT2D eigenvalue weighted by atomic mass is 16.5. The van der Waals surface area contributed by atoms with Gasteiger partial charge in [0, 0.05) is 80.5 Å². The molecule has 348 valence electrons. The van der Waals surface area contributed by atoms with E-state index < -0.39 is 41.5 Å². The second-order valence-electron chi connectivity index (χ2n) is 16.7. The van der Waals surface area contributed by atoms with Crippen LogP contribution in [0.1, 0.15) is 72.2 Å². The van der Waals surface area contributed by atoms with Gasteiger partial charge in [-0.3, -0.25) is 24.0 Å². The van der Waals surface area contributed by atoms with E-state index in [-0.39, 0.29) is 88.5 Å². The van der Waals surface area contributed by atoms with E-state index in [0.717, 1.165) is 16.7 Å². The molecule has 6 rings (SSSR count). The minimum absolute atomic E-state index is 0.0335. The summed E-state index contributed by atoms with van der Waals surface area (Å²) >= 11 is 0. The third kappa shape index (κ3) is 12.2. The van der Waals surface area contributed by atoms with Crippen LogP contribution in [0.2, 0.25) is 0 Å². The molecule has 1 aliphatic rings. The predicted octanol–water partition coefficient (Wildman–Crippen LogP) is 5.71. The fourth-order valence-electron chi connectivity index (χ4n) is 8.30. The van der Waals surface area contributed by atoms with Gasteiger partial charge in [0.25, 0.3) is 0 Å². The van der Waals surface area contributed by atoms with E-state index in [2.05, 4.69) is 15.3 Å². The molecule has 4 bridgehead atoms. The fourth-order valence-corrected chi connectivity index (χ4v) is 8.30. The molecule has 0 radical (unpaired) electrons. The third-order valence-corrected chi connectivity index (χ3v) is 11.9. The number of amides is 2. The van der Waals surface area contributed by atoms with Gasteiger partial charge < -0.3 is 36.9 Å². The number of hydrogen-bond acceptors (Lipinski definition) is 13. The SMILES string of the molecule is Cc1nc(-c2ccc(-c3ccccc3)cc2)ncc1C(=O)C[C@@H](CCN)C(=O)N(C)[C@@H]1C(=O)C[C@@H](C)C(=O)N[C@H](C(=O)CCC#N)Cc2ccc(OCCN)c(c2)-c2cc1ccc2OCCN. The number of aryl methyl sites for hydroxylation is 1. The predicted molar refractivity (Wildman–Crippen MR) is 255 cm³/mol. The number of benzene rings is 4. The summed E-state index contributed by atoms with van der Waals surface area (Å²) in [5.41, 5.74) is 23.5. The number of ketones is 3. The molecule has 67 heavy (non-hydrogen) atoms. The lowest BCUT2D eigenvalue weighted by atomic mass is 9.88. The maximum absolute atomic E-state index is 14.8. The van der Waals surface area contributed by atoms with E-state index in [1.165, 1.54) is 18.1 Å². The van der Waals surface area contributed by atoms with Crippen molar-refractivity contribution in [3.05, 3.63) is 120 Å². The van der Waals surface area contributed by atoms with Crippen molar-refractivity contribution in [1.29, 1.82) is 5.26 Å². The van der Waals surface area contributed by atoms with Crippen molar-refractivity contribution in [3.63, 3.8) is 0 Å². The molecule has 0 saturated heterocycles. The number of aromatic nitrogens is 2. The minimum atomic E-state index is -1.24. The first-order valence-electron chi connectivity index (χ1n) is 22.5. The van der Waals surface area contributed by atoms with Crippen LogP contribution in [0, 0.1) is 30.1 Å². The Balaban J connectivity index is 1.35. The first kappa shape index (κ1) is 49.3. The van der Waals surface area contributed by atoms with Crippen molar-refractivity contribution in [2.45, 2.75) is 64.5 Å². The highest BCUT2D eigenvalue weighted by molar-refractivity contribution is 6.00. The molecule has 1 aromatic heterocycles. The van der Waals surface area contributed by atoms with Crippen molar-refractivity contribution < 1.29 is 33.4 Å². The number of carbonyl (C=O) groups excluding carboxylic acids is 5. The number of nitrogens with one attached hydrogen (secondary N) is 1. The highest BCUT2D eigenvalue weighted by Gasteiger charge is 2.36. The number of rotatable bonds is 18. The van der Waals surface area contributed by atoms with Crippen molar-refractivity contribution in [1.82, 2.24) is 20.2 Å². The summed E-state index contributed by atoms with van der Waals surface area (Å²) in [4.78, 5) is 81.4. The maximum atomic E-state index is 14.8. The molecule has 4 aromatic carbocycles. The van der Waals surface area contributed by atoms with Crippen molar-refractivity contribution in [2.75, 3.05) is 39.9 Å². The second kappa shape index (κ2) is 23.4. The summed E-state index contributed by atoms with van der Waals surface area (Å²) in [5, 5.41) is 12.1. The quantitative estimate of drug-likeness (QED) is 0.0771. The second-order valence-corrected chi connectivity index (χ2v) is 16.7. The van der Waals surface area contributed by atoms with Crippen LogP contribution >= 0.6 is 0 Å². The molecule has 0 aliphatic carbocycles. The highest BCUT2D eigenvalue weighted by Crippen LogP contribution is 2.41. The molecule has 0 spiro atoms. The number of nitrogens with two attached hydrogens (primary N) is 3. The van der Waals surface area contributed by atoms with Gasteiger partial charge in [0.05, 0.1) is 23.4 Å². The summed E-state index contributed by atoms with van der Waals surface area (Å²) in [6, 6.07) is 28.0. The van der Waals surface area contributed by atoms with Crippen LogP contribution in [-0.2, 0) is 25.6 Å². The number of Topliss-reactive ketones (excluding diaryl/α,β-unsaturated/α-hetero) is 3. The van der Waals surface area contributed by atoms with Gasteiger partial charge in [-0.25, -0.2) is 9.97 Å². The Labute approximate surface area is 391 Å². The Morgan fingerprint density at radius 1 is 0.851 bits per heavy atom. The number of ether oxygens (including phenoxy) is 2. The Bertz CT molecular complexity index is 2610. The molecule has 15 nitrogen and oxygen atoms in total. The molecule has 7 N–H and O–H groups in total. The zero-order valence-corrected chi connectivity index (χ0v) is 38.2. The van der Waals surface area contributed by atoms with Crippen LogP contribution in [-0.4, -0.2) is 90.0 Å². The van der Waals surface area contributed by atoms with Gasteiger partial charge in [-0.15, -0.1) is 0 Å². The van der Waals surface area contributed by atoms with Gasteiger partial charge in [0.15, 0.2) is 23.2 Å². The van der Waals surface area contributed by atoms with E-state index in [0.29, 0.717) is 45.3 Å². The Hall–Kier alpha value is -7.12. The monoisotopic (exact) mass is 906 g/mol. The van der Waals surface area contributed by atoms with Gasteiger partial charge in [-0.2, -0.15) is 5.26 Å². The zero-order valence-electron chi connectivity index (χ0n) is 38.2. The number of carbonyl (C=O) groups is 5. The van der Waals surface area contributed by atoms with Gasteiger partial charge in [-0.1, -0.05) is 73.7 Å². The lowest BCUT2D eigenvalue weighted by Gasteiger charge is -2.32. The van der Waals surface area contributed by atoms with Crippen molar-refractivity contribution in [3.8, 4) is 51.2 Å². The number of nitriles is 1. The van der Waals surface area contributed by atoms with E-state index in [9.17, 15) is 29.2 Å². The Morgan fingerprint density at radius 3 is 2.13 bits per heavy atom. The molecular weight excluding hydrogens is 849 g/mol. The van der Waals surface area contributed by atoms with Crippen LogP contribution in [0.3, 0.4) is 0 Å². The molecule has 1 aliphatic heterocycles. The van der Waals surface area contributed by atoms with Crippen LogP contribution in [0.25, 0.3) is 33.6 Å². The molecule has 0 saturated carbocycles. The first-order valence-corrected chi connectivity index (χ1v) is 22.5. The molecular formula is C52H58N8O7. The van der Waals surface area contributed by atoms with E-state index >= 15 is 0 Å². The van der Waals surface area contributed by atoms with Crippen molar-refractivity contribution >= 4 is 29.2 Å². The number of hydrogen-bond donors (Lipinski definition) is 4. The topological polar surface area (TPSA) is 247 Å². The zero-order chi connectivity index (χ0) is 48.0. The van der Waals surface area contributed by atoms with Gasteiger partial charge >= 0.3 is 0 Å².